The number of Topliss-reactive ketones (excluding diaryl/α,β-unsaturated/α-hetero) is 1. The van der Waals surface area contributed by atoms with Crippen molar-refractivity contribution >= 4 is 23.3 Å². The predicted octanol–water partition coefficient (Wildman–Crippen LogP) is 2.73. The van der Waals surface area contributed by atoms with Crippen LogP contribution in [0.15, 0.2) is 49.7 Å². The van der Waals surface area contributed by atoms with Gasteiger partial charge < -0.3 is 15.2 Å². The zero-order chi connectivity index (χ0) is 21.6. The third kappa shape index (κ3) is 4.65. The average Bonchev–Trinajstić information content (AvgIpc) is 3.03. The fraction of sp³-hybridized carbons (Fsp3) is 0.143. The first-order valence-electron chi connectivity index (χ1n) is 8.59. The van der Waals surface area contributed by atoms with Crippen LogP contribution >= 0.6 is 0 Å². The van der Waals surface area contributed by atoms with Crippen molar-refractivity contribution in [1.82, 2.24) is 9.88 Å². The summed E-state index contributed by atoms with van der Waals surface area (Å²) in [7, 11) is 0. The maximum atomic E-state index is 13.5. The summed E-state index contributed by atoms with van der Waals surface area (Å²) in [6, 6.07) is 5.30. The summed E-state index contributed by atoms with van der Waals surface area (Å²) >= 11 is 0. The SMILES string of the molecule is C=CCNC(=O)C(=O)c1cn(CC=C)c(C(=O)Nc2ccc(F)c(C#N)c2)c1C. The second-order valence-corrected chi connectivity index (χ2v) is 6.05. The van der Waals surface area contributed by atoms with Crippen LogP contribution in [0, 0.1) is 24.1 Å². The van der Waals surface area contributed by atoms with Gasteiger partial charge in [0.1, 0.15) is 17.6 Å². The van der Waals surface area contributed by atoms with Crippen molar-refractivity contribution in [2.45, 2.75) is 13.5 Å². The van der Waals surface area contributed by atoms with Crippen molar-refractivity contribution in [3.05, 3.63) is 77.9 Å². The minimum atomic E-state index is -0.812. The number of nitriles is 1. The maximum absolute atomic E-state index is 13.5. The summed E-state index contributed by atoms with van der Waals surface area (Å²) in [4.78, 5) is 37.3. The molecule has 0 atom stereocenters. The molecule has 0 bridgehead atoms. The normalized spacial score (nSPS) is 9.97. The zero-order valence-electron chi connectivity index (χ0n) is 15.8. The molecule has 2 N–H and O–H groups in total. The topological polar surface area (TPSA) is 104 Å². The molecule has 8 heteroatoms. The number of ketones is 1. The number of amides is 2. The number of halogens is 1. The molecule has 0 spiro atoms. The summed E-state index contributed by atoms with van der Waals surface area (Å²) < 4.78 is 15.0. The van der Waals surface area contributed by atoms with E-state index < -0.39 is 23.4 Å². The minimum absolute atomic E-state index is 0.0791. The Kier molecular flexibility index (Phi) is 6.82. The molecular formula is C21H19FN4O3. The molecule has 0 aliphatic heterocycles. The molecule has 0 radical (unpaired) electrons. The third-order valence-electron chi connectivity index (χ3n) is 4.07. The first kappa shape index (κ1) is 21.3. The Morgan fingerprint density at radius 2 is 2.00 bits per heavy atom. The van der Waals surface area contributed by atoms with Crippen molar-refractivity contribution in [2.24, 2.45) is 0 Å². The highest BCUT2D eigenvalue weighted by molar-refractivity contribution is 6.43. The maximum Gasteiger partial charge on any atom is 0.292 e. The van der Waals surface area contributed by atoms with Crippen molar-refractivity contribution in [2.75, 3.05) is 11.9 Å². The quantitative estimate of drug-likeness (QED) is 0.408. The lowest BCUT2D eigenvalue weighted by Gasteiger charge is -2.10. The molecule has 29 heavy (non-hydrogen) atoms. The molecule has 0 unspecified atom stereocenters. The Hall–Kier alpha value is -3.99. The second kappa shape index (κ2) is 9.28. The van der Waals surface area contributed by atoms with Gasteiger partial charge in [-0.3, -0.25) is 14.4 Å². The Labute approximate surface area is 167 Å². The van der Waals surface area contributed by atoms with Crippen LogP contribution in [0.3, 0.4) is 0 Å². The fourth-order valence-corrected chi connectivity index (χ4v) is 2.72. The van der Waals surface area contributed by atoms with E-state index in [1.54, 1.807) is 13.0 Å². The van der Waals surface area contributed by atoms with Gasteiger partial charge in [-0.2, -0.15) is 5.26 Å². The van der Waals surface area contributed by atoms with Gasteiger partial charge in [-0.25, -0.2) is 4.39 Å². The number of nitrogens with one attached hydrogen (secondary N) is 2. The lowest BCUT2D eigenvalue weighted by molar-refractivity contribution is -0.116. The summed E-state index contributed by atoms with van der Waals surface area (Å²) in [5.41, 5.74) is 0.541. The number of carbonyl (C=O) groups is 3. The van der Waals surface area contributed by atoms with Crippen LogP contribution in [-0.4, -0.2) is 28.7 Å². The van der Waals surface area contributed by atoms with Gasteiger partial charge in [-0.15, -0.1) is 13.2 Å². The van der Waals surface area contributed by atoms with Crippen LogP contribution in [0.25, 0.3) is 0 Å². The number of aromatic nitrogens is 1. The molecular weight excluding hydrogens is 375 g/mol. The van der Waals surface area contributed by atoms with E-state index in [-0.39, 0.29) is 35.6 Å². The molecule has 7 nitrogen and oxygen atoms in total. The molecule has 1 aromatic heterocycles. The van der Waals surface area contributed by atoms with Crippen LogP contribution in [0.5, 0.6) is 0 Å². The van der Waals surface area contributed by atoms with E-state index in [1.165, 1.54) is 35.0 Å². The van der Waals surface area contributed by atoms with E-state index in [1.807, 2.05) is 0 Å². The Morgan fingerprint density at radius 1 is 1.28 bits per heavy atom. The highest BCUT2D eigenvalue weighted by Gasteiger charge is 2.26. The first-order valence-corrected chi connectivity index (χ1v) is 8.59. The van der Waals surface area contributed by atoms with Crippen LogP contribution in [-0.2, 0) is 11.3 Å². The molecule has 2 aromatic rings. The Bertz CT molecular complexity index is 1050. The number of carbonyl (C=O) groups excluding carboxylic acids is 3. The van der Waals surface area contributed by atoms with Crippen molar-refractivity contribution in [3.63, 3.8) is 0 Å². The predicted molar refractivity (Wildman–Crippen MR) is 106 cm³/mol. The van der Waals surface area contributed by atoms with Crippen LogP contribution in [0.2, 0.25) is 0 Å². The number of nitrogens with zero attached hydrogens (tertiary/aromatic N) is 2. The minimum Gasteiger partial charge on any atom is -0.346 e. The van der Waals surface area contributed by atoms with Gasteiger partial charge in [-0.1, -0.05) is 12.2 Å². The molecule has 0 fully saturated rings. The lowest BCUT2D eigenvalue weighted by atomic mass is 10.1. The number of hydrogen-bond donors (Lipinski definition) is 2. The van der Waals surface area contributed by atoms with E-state index in [9.17, 15) is 18.8 Å². The van der Waals surface area contributed by atoms with Gasteiger partial charge >= 0.3 is 0 Å². The molecule has 148 valence electrons. The van der Waals surface area contributed by atoms with Crippen LogP contribution in [0.4, 0.5) is 10.1 Å². The Morgan fingerprint density at radius 3 is 2.62 bits per heavy atom. The number of hydrogen-bond acceptors (Lipinski definition) is 4. The smallest absolute Gasteiger partial charge is 0.292 e. The zero-order valence-corrected chi connectivity index (χ0v) is 15.8. The lowest BCUT2D eigenvalue weighted by Crippen LogP contribution is -2.31. The molecule has 0 aliphatic carbocycles. The van der Waals surface area contributed by atoms with Gasteiger partial charge in [-0.05, 0) is 30.7 Å². The van der Waals surface area contributed by atoms with Gasteiger partial charge in [0.25, 0.3) is 17.6 Å². The van der Waals surface area contributed by atoms with E-state index >= 15 is 0 Å². The summed E-state index contributed by atoms with van der Waals surface area (Å²) in [6.45, 7) is 9.00. The largest absolute Gasteiger partial charge is 0.346 e. The standard InChI is InChI=1S/C21H19FN4O3/c1-4-8-24-21(29)19(27)16-12-26(9-5-2)18(13(16)3)20(28)25-15-6-7-17(22)14(10-15)11-23/h4-7,10,12H,1-2,8-9H2,3H3,(H,24,29)(H,25,28). The number of anilines is 1. The van der Waals surface area contributed by atoms with Crippen molar-refractivity contribution in [3.8, 4) is 6.07 Å². The monoisotopic (exact) mass is 394 g/mol. The molecule has 1 heterocycles. The third-order valence-corrected chi connectivity index (χ3v) is 4.07. The van der Waals surface area contributed by atoms with Gasteiger partial charge in [0.2, 0.25) is 0 Å². The summed E-state index contributed by atoms with van der Waals surface area (Å²) in [6.07, 6.45) is 4.39. The second-order valence-electron chi connectivity index (χ2n) is 6.05. The molecule has 0 saturated heterocycles. The number of benzene rings is 1. The van der Waals surface area contributed by atoms with E-state index in [4.69, 9.17) is 5.26 Å². The van der Waals surface area contributed by atoms with E-state index in [0.29, 0.717) is 5.56 Å². The van der Waals surface area contributed by atoms with Crippen LogP contribution in [0.1, 0.15) is 32.0 Å². The fourth-order valence-electron chi connectivity index (χ4n) is 2.72. The highest BCUT2D eigenvalue weighted by Crippen LogP contribution is 2.21. The Balaban J connectivity index is 2.39. The van der Waals surface area contributed by atoms with Crippen molar-refractivity contribution in [1.29, 1.82) is 5.26 Å². The molecule has 2 rings (SSSR count). The van der Waals surface area contributed by atoms with Gasteiger partial charge in [0.05, 0.1) is 5.56 Å². The number of rotatable bonds is 8. The molecule has 0 saturated carbocycles. The molecule has 1 aromatic carbocycles. The molecule has 0 aliphatic rings. The number of allylic oxidation sites excluding steroid dienone is 1. The van der Waals surface area contributed by atoms with E-state index in [2.05, 4.69) is 23.8 Å². The van der Waals surface area contributed by atoms with Gasteiger partial charge in [0, 0.05) is 30.5 Å². The summed E-state index contributed by atoms with van der Waals surface area (Å²) in [5.74, 6) is -2.87. The first-order chi connectivity index (χ1) is 13.8. The van der Waals surface area contributed by atoms with Crippen LogP contribution < -0.4 is 10.6 Å². The highest BCUT2D eigenvalue weighted by atomic mass is 19.1. The summed E-state index contributed by atoms with van der Waals surface area (Å²) in [5, 5.41) is 13.9. The average molecular weight is 394 g/mol. The van der Waals surface area contributed by atoms with Crippen molar-refractivity contribution < 1.29 is 18.8 Å². The van der Waals surface area contributed by atoms with E-state index in [0.717, 1.165) is 6.07 Å². The molecule has 2 amide bonds. The van der Waals surface area contributed by atoms with Gasteiger partial charge in [0.15, 0.2) is 0 Å².